The van der Waals surface area contributed by atoms with E-state index in [1.165, 1.54) is 6.07 Å². The van der Waals surface area contributed by atoms with Crippen molar-refractivity contribution in [3.63, 3.8) is 0 Å². The van der Waals surface area contributed by atoms with Crippen LogP contribution in [0.2, 0.25) is 0 Å². The van der Waals surface area contributed by atoms with E-state index < -0.39 is 10.6 Å². The molecule has 3 aromatic carbocycles. The lowest BCUT2D eigenvalue weighted by Gasteiger charge is -2.47. The Morgan fingerprint density at radius 2 is 1.74 bits per heavy atom. The number of nitro benzene ring substituents is 1. The number of fused-ring (bicyclic) bond motifs is 5. The Morgan fingerprint density at radius 3 is 2.56 bits per heavy atom. The molecule has 5 nitrogen and oxygen atoms in total. The Balaban J connectivity index is 1.72. The van der Waals surface area contributed by atoms with E-state index in [1.807, 2.05) is 43.5 Å². The van der Waals surface area contributed by atoms with E-state index >= 15 is 0 Å². The molecule has 2 aliphatic rings. The monoisotopic (exact) mass is 356 g/mol. The summed E-state index contributed by atoms with van der Waals surface area (Å²) in [6.07, 6.45) is 3.89. The SMILES string of the molecule is CN1c2ccccc2-c2ccccc2C12C=Cc1cc([N+](=O)[O-])ccc1O2. The van der Waals surface area contributed by atoms with Gasteiger partial charge in [-0.3, -0.25) is 10.1 Å². The van der Waals surface area contributed by atoms with Gasteiger partial charge in [-0.15, -0.1) is 0 Å². The first-order valence-corrected chi connectivity index (χ1v) is 8.69. The van der Waals surface area contributed by atoms with E-state index in [-0.39, 0.29) is 5.69 Å². The predicted molar refractivity (Wildman–Crippen MR) is 105 cm³/mol. The molecule has 0 fully saturated rings. The summed E-state index contributed by atoms with van der Waals surface area (Å²) in [5.74, 6) is 0.629. The van der Waals surface area contributed by atoms with Crippen LogP contribution in [-0.4, -0.2) is 12.0 Å². The summed E-state index contributed by atoms with van der Waals surface area (Å²) in [6, 6.07) is 21.1. The zero-order valence-electron chi connectivity index (χ0n) is 14.6. The van der Waals surface area contributed by atoms with Crippen molar-refractivity contribution in [2.75, 3.05) is 11.9 Å². The highest BCUT2D eigenvalue weighted by Gasteiger charge is 2.45. The first kappa shape index (κ1) is 15.6. The van der Waals surface area contributed by atoms with Crippen LogP contribution in [0.15, 0.2) is 72.8 Å². The zero-order chi connectivity index (χ0) is 18.6. The number of benzene rings is 3. The Labute approximate surface area is 156 Å². The fraction of sp³-hybridized carbons (Fsp3) is 0.0909. The summed E-state index contributed by atoms with van der Waals surface area (Å²) >= 11 is 0. The van der Waals surface area contributed by atoms with Gasteiger partial charge in [-0.25, -0.2) is 0 Å². The summed E-state index contributed by atoms with van der Waals surface area (Å²) in [5, 5.41) is 11.1. The molecule has 5 rings (SSSR count). The summed E-state index contributed by atoms with van der Waals surface area (Å²) in [4.78, 5) is 12.8. The Kier molecular flexibility index (Phi) is 3.15. The molecular formula is C22H16N2O3. The maximum Gasteiger partial charge on any atom is 0.270 e. The highest BCUT2D eigenvalue weighted by Crippen LogP contribution is 2.50. The van der Waals surface area contributed by atoms with Crippen molar-refractivity contribution in [3.8, 4) is 16.9 Å². The van der Waals surface area contributed by atoms with Gasteiger partial charge in [-0.1, -0.05) is 42.5 Å². The third kappa shape index (κ3) is 2.11. The number of non-ortho nitro benzene ring substituents is 1. The second-order valence-corrected chi connectivity index (χ2v) is 6.73. The number of anilines is 1. The van der Waals surface area contributed by atoms with Crippen molar-refractivity contribution in [2.24, 2.45) is 0 Å². The molecule has 27 heavy (non-hydrogen) atoms. The first-order valence-electron chi connectivity index (χ1n) is 8.69. The lowest BCUT2D eigenvalue weighted by atomic mass is 9.84. The lowest BCUT2D eigenvalue weighted by molar-refractivity contribution is -0.384. The number of nitrogens with zero attached hydrogens (tertiary/aromatic N) is 2. The van der Waals surface area contributed by atoms with Crippen LogP contribution < -0.4 is 9.64 Å². The van der Waals surface area contributed by atoms with Gasteiger partial charge in [0, 0.05) is 41.6 Å². The van der Waals surface area contributed by atoms with Crippen LogP contribution in [0.5, 0.6) is 5.75 Å². The number of likely N-dealkylation sites (N-methyl/N-ethyl adjacent to an activating group) is 1. The van der Waals surface area contributed by atoms with Crippen LogP contribution >= 0.6 is 0 Å². The first-order chi connectivity index (χ1) is 13.1. The maximum absolute atomic E-state index is 11.1. The molecule has 1 spiro atoms. The number of ether oxygens (including phenoxy) is 1. The minimum absolute atomic E-state index is 0.0562. The van der Waals surface area contributed by atoms with Gasteiger partial charge in [-0.2, -0.15) is 0 Å². The maximum atomic E-state index is 11.1. The molecule has 0 radical (unpaired) electrons. The fourth-order valence-electron chi connectivity index (χ4n) is 3.99. The third-order valence-corrected chi connectivity index (χ3v) is 5.33. The minimum atomic E-state index is -0.798. The molecule has 0 aliphatic carbocycles. The van der Waals surface area contributed by atoms with Gasteiger partial charge in [-0.05, 0) is 29.8 Å². The average molecular weight is 356 g/mol. The van der Waals surface area contributed by atoms with Gasteiger partial charge >= 0.3 is 0 Å². The van der Waals surface area contributed by atoms with Crippen LogP contribution in [0.3, 0.4) is 0 Å². The second-order valence-electron chi connectivity index (χ2n) is 6.73. The van der Waals surface area contributed by atoms with Gasteiger partial charge in [0.15, 0.2) is 0 Å². The van der Waals surface area contributed by atoms with Crippen LogP contribution in [0.1, 0.15) is 11.1 Å². The van der Waals surface area contributed by atoms with Crippen molar-refractivity contribution in [1.82, 2.24) is 0 Å². The van der Waals surface area contributed by atoms with E-state index in [0.29, 0.717) is 11.3 Å². The normalized spacial score (nSPS) is 19.1. The topological polar surface area (TPSA) is 55.6 Å². The third-order valence-electron chi connectivity index (χ3n) is 5.33. The largest absolute Gasteiger partial charge is 0.459 e. The molecule has 0 aromatic heterocycles. The summed E-state index contributed by atoms with van der Waals surface area (Å²) in [5.41, 5.74) is 4.38. The zero-order valence-corrected chi connectivity index (χ0v) is 14.6. The van der Waals surface area contributed by atoms with Crippen molar-refractivity contribution in [2.45, 2.75) is 5.72 Å². The van der Waals surface area contributed by atoms with Gasteiger partial charge in [0.2, 0.25) is 5.72 Å². The van der Waals surface area contributed by atoms with E-state index in [9.17, 15) is 10.1 Å². The molecule has 0 bridgehead atoms. The molecule has 0 N–H and O–H groups in total. The van der Waals surface area contributed by atoms with Crippen LogP contribution in [-0.2, 0) is 5.72 Å². The number of hydrogen-bond donors (Lipinski definition) is 0. The van der Waals surface area contributed by atoms with Gasteiger partial charge in [0.25, 0.3) is 5.69 Å². The predicted octanol–water partition coefficient (Wildman–Crippen LogP) is 4.97. The van der Waals surface area contributed by atoms with E-state index in [4.69, 9.17) is 4.74 Å². The number of hydrogen-bond acceptors (Lipinski definition) is 4. The highest BCUT2D eigenvalue weighted by molar-refractivity contribution is 5.87. The Bertz CT molecular complexity index is 1120. The molecule has 3 aromatic rings. The van der Waals surface area contributed by atoms with Crippen molar-refractivity contribution < 1.29 is 9.66 Å². The minimum Gasteiger partial charge on any atom is -0.459 e. The average Bonchev–Trinajstić information content (AvgIpc) is 2.71. The van der Waals surface area contributed by atoms with Crippen LogP contribution in [0.4, 0.5) is 11.4 Å². The van der Waals surface area contributed by atoms with E-state index in [1.54, 1.807) is 12.1 Å². The molecule has 0 amide bonds. The van der Waals surface area contributed by atoms with Gasteiger partial charge < -0.3 is 9.64 Å². The summed E-state index contributed by atoms with van der Waals surface area (Å²) < 4.78 is 6.51. The summed E-state index contributed by atoms with van der Waals surface area (Å²) in [7, 11) is 2.01. The van der Waals surface area contributed by atoms with E-state index in [2.05, 4.69) is 29.2 Å². The molecule has 1 atom stereocenters. The Morgan fingerprint density at radius 1 is 1.00 bits per heavy atom. The van der Waals surface area contributed by atoms with Crippen LogP contribution in [0.25, 0.3) is 17.2 Å². The number of nitro groups is 1. The highest BCUT2D eigenvalue weighted by atomic mass is 16.6. The van der Waals surface area contributed by atoms with Crippen molar-refractivity contribution >= 4 is 17.5 Å². The van der Waals surface area contributed by atoms with Crippen molar-refractivity contribution in [1.29, 1.82) is 0 Å². The molecule has 0 saturated heterocycles. The number of para-hydroxylation sites is 1. The standard InChI is InChI=1S/C22H16N2O3/c1-23-20-9-5-3-7-18(20)17-6-2-4-8-19(17)22(23)13-12-15-14-16(24(25)26)10-11-21(15)27-22/h2-14H,1H3. The molecule has 0 saturated carbocycles. The molecule has 2 heterocycles. The van der Waals surface area contributed by atoms with Crippen LogP contribution in [0, 0.1) is 10.1 Å². The summed E-state index contributed by atoms with van der Waals surface area (Å²) in [6.45, 7) is 0. The fourth-order valence-corrected chi connectivity index (χ4v) is 3.99. The molecule has 132 valence electrons. The van der Waals surface area contributed by atoms with Crippen molar-refractivity contribution in [3.05, 3.63) is 94.0 Å². The molecule has 5 heteroatoms. The smallest absolute Gasteiger partial charge is 0.270 e. The molecular weight excluding hydrogens is 340 g/mol. The van der Waals surface area contributed by atoms with Gasteiger partial charge in [0.05, 0.1) is 4.92 Å². The molecule has 2 aliphatic heterocycles. The number of rotatable bonds is 1. The molecule has 1 unspecified atom stereocenters. The lowest BCUT2D eigenvalue weighted by Crippen LogP contribution is -2.50. The van der Waals surface area contributed by atoms with Gasteiger partial charge in [0.1, 0.15) is 5.75 Å². The Hall–Kier alpha value is -3.60. The van der Waals surface area contributed by atoms with E-state index in [0.717, 1.165) is 22.4 Å². The quantitative estimate of drug-likeness (QED) is 0.456. The second kappa shape index (κ2) is 5.45.